The first kappa shape index (κ1) is 16.5. The molecule has 1 N–H and O–H groups in total. The third kappa shape index (κ3) is 3.76. The van der Waals surface area contributed by atoms with Gasteiger partial charge in [0.2, 0.25) is 6.10 Å². The quantitative estimate of drug-likeness (QED) is 0.643. The smallest absolute Gasteiger partial charge is 0.284 e. The van der Waals surface area contributed by atoms with Gasteiger partial charge < -0.3 is 9.47 Å². The molecule has 0 radical (unpaired) electrons. The molecule has 0 spiro atoms. The van der Waals surface area contributed by atoms with E-state index in [2.05, 4.69) is 26.5 Å². The van der Waals surface area contributed by atoms with Gasteiger partial charge in [0.25, 0.3) is 5.91 Å². The van der Waals surface area contributed by atoms with Crippen molar-refractivity contribution >= 4 is 27.5 Å². The van der Waals surface area contributed by atoms with E-state index in [9.17, 15) is 4.79 Å². The van der Waals surface area contributed by atoms with Gasteiger partial charge >= 0.3 is 0 Å². The van der Waals surface area contributed by atoms with Crippen LogP contribution in [0.3, 0.4) is 0 Å². The summed E-state index contributed by atoms with van der Waals surface area (Å²) in [4.78, 5) is 12.3. The number of rotatable bonds is 4. The maximum atomic E-state index is 12.3. The summed E-state index contributed by atoms with van der Waals surface area (Å²) in [6.45, 7) is 2.15. The van der Waals surface area contributed by atoms with Crippen LogP contribution in [0.5, 0.6) is 11.5 Å². The number of benzene rings is 2. The first-order chi connectivity index (χ1) is 11.7. The number of nitrogens with zero attached hydrogens (tertiary/aromatic N) is 1. The Balaban J connectivity index is 1.68. The largest absolute Gasteiger partial charge is 0.485 e. The monoisotopic (exact) mass is 388 g/mol. The predicted octanol–water partition coefficient (Wildman–Crippen LogP) is 3.52. The molecule has 1 aliphatic rings. The average molecular weight is 389 g/mol. The van der Waals surface area contributed by atoms with E-state index >= 15 is 0 Å². The van der Waals surface area contributed by atoms with Crippen molar-refractivity contribution in [3.63, 3.8) is 0 Å². The summed E-state index contributed by atoms with van der Waals surface area (Å²) in [6, 6.07) is 15.1. The van der Waals surface area contributed by atoms with Crippen LogP contribution in [-0.4, -0.2) is 24.3 Å². The van der Waals surface area contributed by atoms with Crippen LogP contribution in [0.2, 0.25) is 0 Å². The van der Waals surface area contributed by atoms with Gasteiger partial charge in [-0.15, -0.1) is 0 Å². The number of amides is 1. The maximum Gasteiger partial charge on any atom is 0.284 e. The average Bonchev–Trinajstić information content (AvgIpc) is 2.61. The highest BCUT2D eigenvalue weighted by Gasteiger charge is 2.27. The molecule has 1 aliphatic heterocycles. The number of carbonyl (C=O) groups excluding carboxylic acids is 1. The van der Waals surface area contributed by atoms with Crippen molar-refractivity contribution in [2.75, 3.05) is 6.61 Å². The third-order valence-electron chi connectivity index (χ3n) is 3.59. The van der Waals surface area contributed by atoms with E-state index in [0.717, 1.165) is 15.7 Å². The second-order valence-corrected chi connectivity index (χ2v) is 6.18. The van der Waals surface area contributed by atoms with Crippen LogP contribution >= 0.6 is 15.9 Å². The van der Waals surface area contributed by atoms with Gasteiger partial charge in [-0.05, 0) is 36.2 Å². The highest BCUT2D eigenvalue weighted by atomic mass is 79.9. The lowest BCUT2D eigenvalue weighted by molar-refractivity contribution is -0.130. The lowest BCUT2D eigenvalue weighted by Crippen LogP contribution is -2.42. The van der Waals surface area contributed by atoms with E-state index in [1.54, 1.807) is 6.07 Å². The van der Waals surface area contributed by atoms with Gasteiger partial charge in [0.05, 0.1) is 5.71 Å². The summed E-state index contributed by atoms with van der Waals surface area (Å²) in [5.41, 5.74) is 4.33. The summed E-state index contributed by atoms with van der Waals surface area (Å²) in [5, 5.41) is 4.25. The van der Waals surface area contributed by atoms with E-state index in [1.165, 1.54) is 0 Å². The van der Waals surface area contributed by atoms with Gasteiger partial charge in [-0.25, -0.2) is 5.43 Å². The van der Waals surface area contributed by atoms with Gasteiger partial charge in [-0.1, -0.05) is 47.1 Å². The van der Waals surface area contributed by atoms with E-state index < -0.39 is 6.10 Å². The molecule has 2 aromatic carbocycles. The molecule has 0 fully saturated rings. The molecular weight excluding hydrogens is 372 g/mol. The molecule has 24 heavy (non-hydrogen) atoms. The fraction of sp³-hybridized carbons (Fsp3) is 0.222. The molecule has 1 atom stereocenters. The van der Waals surface area contributed by atoms with Crippen molar-refractivity contribution in [1.82, 2.24) is 5.43 Å². The fourth-order valence-corrected chi connectivity index (χ4v) is 2.76. The molecule has 2 aromatic rings. The Kier molecular flexibility index (Phi) is 5.15. The number of hydrogen-bond donors (Lipinski definition) is 1. The molecule has 0 bridgehead atoms. The molecule has 0 unspecified atom stereocenters. The van der Waals surface area contributed by atoms with Crippen molar-refractivity contribution in [2.24, 2.45) is 5.10 Å². The van der Waals surface area contributed by atoms with Gasteiger partial charge in [-0.3, -0.25) is 4.79 Å². The van der Waals surface area contributed by atoms with Gasteiger partial charge in [-0.2, -0.15) is 5.10 Å². The Hall–Kier alpha value is -2.34. The minimum absolute atomic E-state index is 0.163. The minimum Gasteiger partial charge on any atom is -0.485 e. The van der Waals surface area contributed by atoms with Crippen LogP contribution in [0, 0.1) is 0 Å². The topological polar surface area (TPSA) is 59.9 Å². The number of para-hydroxylation sites is 2. The number of nitrogens with one attached hydrogen (secondary N) is 1. The first-order valence-corrected chi connectivity index (χ1v) is 8.47. The summed E-state index contributed by atoms with van der Waals surface area (Å²) in [6.07, 6.45) is -0.0223. The molecule has 0 saturated heterocycles. The molecule has 3 rings (SSSR count). The molecule has 0 saturated carbocycles. The summed E-state index contributed by atoms with van der Waals surface area (Å²) < 4.78 is 12.2. The molecule has 1 heterocycles. The summed E-state index contributed by atoms with van der Waals surface area (Å²) >= 11 is 3.44. The molecule has 0 aromatic heterocycles. The predicted molar refractivity (Wildman–Crippen MR) is 95.5 cm³/mol. The van der Waals surface area contributed by atoms with Crippen LogP contribution in [0.15, 0.2) is 58.1 Å². The van der Waals surface area contributed by atoms with Crippen molar-refractivity contribution in [1.29, 1.82) is 0 Å². The Labute approximate surface area is 148 Å². The molecule has 0 aliphatic carbocycles. The lowest BCUT2D eigenvalue weighted by atomic mass is 10.1. The molecule has 6 heteroatoms. The Morgan fingerprint density at radius 3 is 2.79 bits per heavy atom. The van der Waals surface area contributed by atoms with Gasteiger partial charge in [0.1, 0.15) is 6.61 Å². The Morgan fingerprint density at radius 2 is 2.04 bits per heavy atom. The molecule has 5 nitrogen and oxygen atoms in total. The van der Waals surface area contributed by atoms with Crippen molar-refractivity contribution in [3.05, 3.63) is 58.6 Å². The second kappa shape index (κ2) is 7.49. The lowest BCUT2D eigenvalue weighted by Gasteiger charge is -2.24. The summed E-state index contributed by atoms with van der Waals surface area (Å²) in [7, 11) is 0. The zero-order valence-corrected chi connectivity index (χ0v) is 14.7. The SMILES string of the molecule is CC/C(=N/NC(=O)[C@@H]1COc2ccccc2O1)c1cccc(Br)c1. The first-order valence-electron chi connectivity index (χ1n) is 7.68. The number of carbonyl (C=O) groups is 1. The number of fused-ring (bicyclic) bond motifs is 1. The van der Waals surface area contributed by atoms with E-state index in [0.29, 0.717) is 17.9 Å². The number of hydrazone groups is 1. The fourth-order valence-electron chi connectivity index (χ4n) is 2.36. The number of ether oxygens (including phenoxy) is 2. The number of halogens is 1. The van der Waals surface area contributed by atoms with Gasteiger partial charge in [0.15, 0.2) is 11.5 Å². The third-order valence-corrected chi connectivity index (χ3v) is 4.09. The van der Waals surface area contributed by atoms with E-state index in [1.807, 2.05) is 49.4 Å². The van der Waals surface area contributed by atoms with Crippen LogP contribution in [0.1, 0.15) is 18.9 Å². The van der Waals surface area contributed by atoms with Crippen LogP contribution < -0.4 is 14.9 Å². The zero-order chi connectivity index (χ0) is 16.9. The maximum absolute atomic E-state index is 12.3. The van der Waals surface area contributed by atoms with E-state index in [-0.39, 0.29) is 12.5 Å². The van der Waals surface area contributed by atoms with Crippen LogP contribution in [0.25, 0.3) is 0 Å². The number of hydrogen-bond acceptors (Lipinski definition) is 4. The van der Waals surface area contributed by atoms with Crippen LogP contribution in [0.4, 0.5) is 0 Å². The summed E-state index contributed by atoms with van der Waals surface area (Å²) in [5.74, 6) is 0.884. The van der Waals surface area contributed by atoms with Crippen molar-refractivity contribution in [3.8, 4) is 11.5 Å². The normalized spacial score (nSPS) is 16.6. The zero-order valence-electron chi connectivity index (χ0n) is 13.2. The molecular formula is C18H17BrN2O3. The van der Waals surface area contributed by atoms with Crippen LogP contribution in [-0.2, 0) is 4.79 Å². The van der Waals surface area contributed by atoms with Gasteiger partial charge in [0, 0.05) is 4.47 Å². The van der Waals surface area contributed by atoms with Crippen molar-refractivity contribution < 1.29 is 14.3 Å². The Morgan fingerprint density at radius 1 is 1.25 bits per heavy atom. The second-order valence-electron chi connectivity index (χ2n) is 5.26. The minimum atomic E-state index is -0.718. The van der Waals surface area contributed by atoms with E-state index in [4.69, 9.17) is 9.47 Å². The molecule has 1 amide bonds. The standard InChI is InChI=1S/C18H17BrN2O3/c1-2-14(12-6-5-7-13(19)10-12)20-21-18(22)17-11-23-15-8-3-4-9-16(15)24-17/h3-10,17H,2,11H2,1H3,(H,21,22)/b20-14-/t17-/m0/s1. The highest BCUT2D eigenvalue weighted by molar-refractivity contribution is 9.10. The van der Waals surface area contributed by atoms with Crippen molar-refractivity contribution in [2.45, 2.75) is 19.4 Å². The molecule has 124 valence electrons. The Bertz CT molecular complexity index is 776. The highest BCUT2D eigenvalue weighted by Crippen LogP contribution is 2.30.